The second-order valence-corrected chi connectivity index (χ2v) is 5.30. The fourth-order valence-electron chi connectivity index (χ4n) is 2.06. The van der Waals surface area contributed by atoms with E-state index < -0.39 is 0 Å². The monoisotopic (exact) mass is 276 g/mol. The Morgan fingerprint density at radius 2 is 2.10 bits per heavy atom. The van der Waals surface area contributed by atoms with Gasteiger partial charge in [0, 0.05) is 36.9 Å². The Bertz CT molecular complexity index is 590. The van der Waals surface area contributed by atoms with Crippen molar-refractivity contribution in [3.05, 3.63) is 40.6 Å². The smallest absolute Gasteiger partial charge is 0.271 e. The molecule has 0 aliphatic carbocycles. The van der Waals surface area contributed by atoms with Crippen LogP contribution in [0.1, 0.15) is 20.3 Å². The molecule has 0 saturated carbocycles. The lowest BCUT2D eigenvalue weighted by molar-refractivity contribution is -0.384. The first-order chi connectivity index (χ1) is 9.58. The number of hydrogen-bond donors (Lipinski definition) is 0. The Labute approximate surface area is 118 Å². The van der Waals surface area contributed by atoms with Crippen LogP contribution >= 0.6 is 0 Å². The number of ether oxygens (including phenoxy) is 1. The maximum atomic E-state index is 10.8. The first kappa shape index (κ1) is 14.5. The lowest BCUT2D eigenvalue weighted by atomic mass is 10.1. The number of fused-ring (bicyclic) bond motifs is 1. The molecule has 1 aromatic carbocycles. The number of rotatable bonds is 7. The topological polar surface area (TPSA) is 57.3 Å². The van der Waals surface area contributed by atoms with E-state index in [-0.39, 0.29) is 10.6 Å². The van der Waals surface area contributed by atoms with E-state index in [1.54, 1.807) is 12.1 Å². The molecule has 5 heteroatoms. The van der Waals surface area contributed by atoms with Gasteiger partial charge in [-0.3, -0.25) is 10.1 Å². The van der Waals surface area contributed by atoms with Crippen molar-refractivity contribution in [3.63, 3.8) is 0 Å². The molecule has 1 heterocycles. The van der Waals surface area contributed by atoms with Crippen molar-refractivity contribution in [2.75, 3.05) is 13.2 Å². The number of nitrogens with zero attached hydrogens (tertiary/aromatic N) is 2. The summed E-state index contributed by atoms with van der Waals surface area (Å²) in [6.45, 7) is 6.43. The maximum absolute atomic E-state index is 10.8. The standard InChI is InChI=1S/C15H20N2O3/c1-12(2)6-9-20-10-8-16-7-5-13-3-4-14(17(18)19)11-15(13)16/h3-5,7,11-12H,6,8-10H2,1-2H3. The Morgan fingerprint density at radius 3 is 2.80 bits per heavy atom. The molecule has 5 nitrogen and oxygen atoms in total. The molecule has 1 aromatic heterocycles. The van der Waals surface area contributed by atoms with Gasteiger partial charge in [0.05, 0.1) is 17.0 Å². The molecule has 0 radical (unpaired) electrons. The lowest BCUT2D eigenvalue weighted by Crippen LogP contribution is -2.07. The molecular weight excluding hydrogens is 256 g/mol. The van der Waals surface area contributed by atoms with Crippen LogP contribution in [0.15, 0.2) is 30.5 Å². The van der Waals surface area contributed by atoms with Crippen molar-refractivity contribution in [2.45, 2.75) is 26.8 Å². The van der Waals surface area contributed by atoms with Gasteiger partial charge in [-0.15, -0.1) is 0 Å². The van der Waals surface area contributed by atoms with E-state index in [2.05, 4.69) is 13.8 Å². The number of benzene rings is 1. The van der Waals surface area contributed by atoms with E-state index in [0.29, 0.717) is 19.1 Å². The minimum atomic E-state index is -0.365. The highest BCUT2D eigenvalue weighted by Crippen LogP contribution is 2.21. The first-order valence-corrected chi connectivity index (χ1v) is 6.89. The van der Waals surface area contributed by atoms with E-state index in [1.807, 2.05) is 16.8 Å². The van der Waals surface area contributed by atoms with Crippen molar-refractivity contribution >= 4 is 16.6 Å². The molecule has 0 fully saturated rings. The third kappa shape index (κ3) is 3.57. The highest BCUT2D eigenvalue weighted by Gasteiger charge is 2.08. The van der Waals surface area contributed by atoms with Crippen molar-refractivity contribution in [2.24, 2.45) is 5.92 Å². The quantitative estimate of drug-likeness (QED) is 0.441. The summed E-state index contributed by atoms with van der Waals surface area (Å²) in [5.74, 6) is 0.644. The van der Waals surface area contributed by atoms with Gasteiger partial charge in [-0.05, 0) is 24.5 Å². The summed E-state index contributed by atoms with van der Waals surface area (Å²) in [7, 11) is 0. The van der Waals surface area contributed by atoms with Gasteiger partial charge in [0.15, 0.2) is 0 Å². The Morgan fingerprint density at radius 1 is 1.30 bits per heavy atom. The minimum absolute atomic E-state index is 0.123. The van der Waals surface area contributed by atoms with Crippen LogP contribution < -0.4 is 0 Å². The van der Waals surface area contributed by atoms with Crippen molar-refractivity contribution < 1.29 is 9.66 Å². The molecule has 0 aliphatic heterocycles. The Balaban J connectivity index is 1.99. The molecule has 20 heavy (non-hydrogen) atoms. The molecule has 0 N–H and O–H groups in total. The van der Waals surface area contributed by atoms with Gasteiger partial charge in [0.1, 0.15) is 0 Å². The fraction of sp³-hybridized carbons (Fsp3) is 0.467. The van der Waals surface area contributed by atoms with Crippen LogP contribution in [0.4, 0.5) is 5.69 Å². The molecule has 0 saturated heterocycles. The largest absolute Gasteiger partial charge is 0.380 e. The fourth-order valence-corrected chi connectivity index (χ4v) is 2.06. The zero-order valence-electron chi connectivity index (χ0n) is 11.9. The first-order valence-electron chi connectivity index (χ1n) is 6.89. The zero-order valence-corrected chi connectivity index (χ0v) is 11.9. The number of nitro groups is 1. The summed E-state index contributed by atoms with van der Waals surface area (Å²) in [6, 6.07) is 6.89. The second kappa shape index (κ2) is 6.52. The van der Waals surface area contributed by atoms with Crippen LogP contribution in [0.5, 0.6) is 0 Å². The predicted molar refractivity (Wildman–Crippen MR) is 78.9 cm³/mol. The SMILES string of the molecule is CC(C)CCOCCn1ccc2ccc([N+](=O)[O-])cc21. The van der Waals surface area contributed by atoms with E-state index in [4.69, 9.17) is 4.74 Å². The Kier molecular flexibility index (Phi) is 4.74. The van der Waals surface area contributed by atoms with Gasteiger partial charge in [0.25, 0.3) is 5.69 Å². The normalized spacial score (nSPS) is 11.3. The van der Waals surface area contributed by atoms with Gasteiger partial charge in [-0.25, -0.2) is 0 Å². The molecule has 2 aromatic rings. The van der Waals surface area contributed by atoms with Gasteiger partial charge < -0.3 is 9.30 Å². The molecule has 0 bridgehead atoms. The number of non-ortho nitro benzene ring substituents is 1. The number of aromatic nitrogens is 1. The molecule has 2 rings (SSSR count). The van der Waals surface area contributed by atoms with Crippen LogP contribution in [0, 0.1) is 16.0 Å². The Hall–Kier alpha value is -1.88. The van der Waals surface area contributed by atoms with E-state index in [1.165, 1.54) is 6.07 Å². The summed E-state index contributed by atoms with van der Waals surface area (Å²) >= 11 is 0. The van der Waals surface area contributed by atoms with Crippen LogP contribution in [0.2, 0.25) is 0 Å². The molecule has 108 valence electrons. The third-order valence-corrected chi connectivity index (χ3v) is 3.28. The second-order valence-electron chi connectivity index (χ2n) is 5.30. The average Bonchev–Trinajstić information content (AvgIpc) is 2.80. The molecule has 0 spiro atoms. The summed E-state index contributed by atoms with van der Waals surface area (Å²) in [6.07, 6.45) is 3.00. The maximum Gasteiger partial charge on any atom is 0.271 e. The van der Waals surface area contributed by atoms with Crippen molar-refractivity contribution in [1.29, 1.82) is 0 Å². The summed E-state index contributed by atoms with van der Waals surface area (Å²) in [5.41, 5.74) is 1.00. The summed E-state index contributed by atoms with van der Waals surface area (Å²) < 4.78 is 7.59. The van der Waals surface area contributed by atoms with Crippen LogP contribution in [0.3, 0.4) is 0 Å². The summed E-state index contributed by atoms with van der Waals surface area (Å²) in [4.78, 5) is 10.4. The van der Waals surface area contributed by atoms with E-state index in [9.17, 15) is 10.1 Å². The van der Waals surface area contributed by atoms with Gasteiger partial charge in [0.2, 0.25) is 0 Å². The van der Waals surface area contributed by atoms with Gasteiger partial charge in [-0.1, -0.05) is 13.8 Å². The van der Waals surface area contributed by atoms with Crippen LogP contribution in [-0.2, 0) is 11.3 Å². The summed E-state index contributed by atoms with van der Waals surface area (Å²) in [5, 5.41) is 11.8. The van der Waals surface area contributed by atoms with E-state index >= 15 is 0 Å². The molecular formula is C15H20N2O3. The minimum Gasteiger partial charge on any atom is -0.380 e. The van der Waals surface area contributed by atoms with Gasteiger partial charge in [-0.2, -0.15) is 0 Å². The number of hydrogen-bond acceptors (Lipinski definition) is 3. The van der Waals surface area contributed by atoms with Gasteiger partial charge >= 0.3 is 0 Å². The van der Waals surface area contributed by atoms with Crippen LogP contribution in [0.25, 0.3) is 10.9 Å². The highest BCUT2D eigenvalue weighted by atomic mass is 16.6. The zero-order chi connectivity index (χ0) is 14.5. The third-order valence-electron chi connectivity index (χ3n) is 3.28. The van der Waals surface area contributed by atoms with Crippen molar-refractivity contribution in [3.8, 4) is 0 Å². The molecule has 0 unspecified atom stereocenters. The van der Waals surface area contributed by atoms with Crippen LogP contribution in [-0.4, -0.2) is 22.7 Å². The average molecular weight is 276 g/mol. The van der Waals surface area contributed by atoms with E-state index in [0.717, 1.165) is 23.9 Å². The molecule has 0 amide bonds. The predicted octanol–water partition coefficient (Wildman–Crippen LogP) is 3.61. The molecule has 0 aliphatic rings. The highest BCUT2D eigenvalue weighted by molar-refractivity contribution is 5.82. The number of nitro benzene ring substituents is 1. The van der Waals surface area contributed by atoms with Crippen molar-refractivity contribution in [1.82, 2.24) is 4.57 Å². The molecule has 0 atom stereocenters. The lowest BCUT2D eigenvalue weighted by Gasteiger charge is -2.08.